The predicted octanol–water partition coefficient (Wildman–Crippen LogP) is 2.37. The number of amides is 1. The van der Waals surface area contributed by atoms with E-state index in [1.54, 1.807) is 13.8 Å². The molecule has 2 aliphatic heterocycles. The molecule has 2 fully saturated rings. The van der Waals surface area contributed by atoms with E-state index in [0.29, 0.717) is 0 Å². The molecule has 0 unspecified atom stereocenters. The molecule has 0 spiro atoms. The number of ether oxygens (including phenoxy) is 2. The molecule has 3 atom stereocenters. The molecule has 1 aromatic rings. The van der Waals surface area contributed by atoms with Gasteiger partial charge >= 0.3 is 0 Å². The summed E-state index contributed by atoms with van der Waals surface area (Å²) in [6, 6.07) is 6.50. The third kappa shape index (κ3) is 5.55. The maximum Gasteiger partial charge on any atom is 0.252 e. The van der Waals surface area contributed by atoms with E-state index in [4.69, 9.17) is 9.47 Å². The highest BCUT2D eigenvalue weighted by molar-refractivity contribution is 7.71. The molecule has 7 nitrogen and oxygen atoms in total. The Bertz CT molecular complexity index is 945. The van der Waals surface area contributed by atoms with Crippen molar-refractivity contribution in [3.05, 3.63) is 34.9 Å². The molecule has 2 saturated heterocycles. The minimum atomic E-state index is -2.44. The Morgan fingerprint density at radius 3 is 2.71 bits per heavy atom. The number of fused-ring (bicyclic) bond motifs is 1. The van der Waals surface area contributed by atoms with Crippen molar-refractivity contribution in [1.82, 2.24) is 10.2 Å². The molecule has 1 N–H and O–H groups in total. The molecular formula is C23H32N2O5S. The molecule has 3 aliphatic rings. The monoisotopic (exact) mass is 448 g/mol. The largest absolute Gasteiger partial charge is 0.347 e. The van der Waals surface area contributed by atoms with Crippen molar-refractivity contribution >= 4 is 21.6 Å². The van der Waals surface area contributed by atoms with Gasteiger partial charge in [0.2, 0.25) is 10.3 Å². The summed E-state index contributed by atoms with van der Waals surface area (Å²) in [7, 11) is -2.44. The van der Waals surface area contributed by atoms with Crippen molar-refractivity contribution in [2.24, 2.45) is 0 Å². The average Bonchev–Trinajstić information content (AvgIpc) is 3.02. The van der Waals surface area contributed by atoms with Crippen LogP contribution in [0.25, 0.3) is 0 Å². The topological polar surface area (TPSA) is 84.9 Å². The van der Waals surface area contributed by atoms with Gasteiger partial charge in [-0.1, -0.05) is 24.6 Å². The molecule has 0 aromatic heterocycles. The van der Waals surface area contributed by atoms with Gasteiger partial charge in [-0.3, -0.25) is 9.69 Å². The van der Waals surface area contributed by atoms with E-state index in [0.717, 1.165) is 36.7 Å². The van der Waals surface area contributed by atoms with Crippen molar-refractivity contribution in [3.63, 3.8) is 0 Å². The molecule has 170 valence electrons. The average molecular weight is 449 g/mol. The number of benzene rings is 1. The van der Waals surface area contributed by atoms with Gasteiger partial charge in [0.05, 0.1) is 11.4 Å². The Hall–Kier alpha value is -1.74. The van der Waals surface area contributed by atoms with Crippen LogP contribution >= 0.6 is 0 Å². The number of piperidine rings is 1. The number of aryl methyl sites for hydroxylation is 1. The fourth-order valence-electron chi connectivity index (χ4n) is 4.95. The number of carbonyl (C=O) groups excluding carboxylic acids is 1. The van der Waals surface area contributed by atoms with Gasteiger partial charge in [0.15, 0.2) is 11.9 Å². The number of likely N-dealkylation sites (tertiary alicyclic amines) is 1. The van der Waals surface area contributed by atoms with Gasteiger partial charge in [-0.15, -0.1) is 0 Å². The van der Waals surface area contributed by atoms with E-state index in [2.05, 4.69) is 28.4 Å². The molecule has 2 heterocycles. The van der Waals surface area contributed by atoms with Crippen LogP contribution in [0.3, 0.4) is 0 Å². The molecule has 0 bridgehead atoms. The SMILES string of the molecule is CC1(C)O[C@H](C=S(=O)=O)[C@H](C(=O)N[C@@H]2CCCc3cc(CN4CCCCC4)ccc32)O1. The fraction of sp³-hybridized carbons (Fsp3) is 0.652. The zero-order valence-corrected chi connectivity index (χ0v) is 19.1. The third-order valence-electron chi connectivity index (χ3n) is 6.33. The van der Waals surface area contributed by atoms with Crippen LogP contribution in [0, 0.1) is 0 Å². The number of hydrogen-bond acceptors (Lipinski definition) is 6. The van der Waals surface area contributed by atoms with Crippen molar-refractivity contribution in [3.8, 4) is 0 Å². The van der Waals surface area contributed by atoms with Crippen LogP contribution in [0.2, 0.25) is 0 Å². The summed E-state index contributed by atoms with van der Waals surface area (Å²) in [5, 5.41) is 4.07. The molecule has 1 amide bonds. The highest BCUT2D eigenvalue weighted by Gasteiger charge is 2.45. The molecule has 1 aliphatic carbocycles. The summed E-state index contributed by atoms with van der Waals surface area (Å²) < 4.78 is 33.6. The maximum absolute atomic E-state index is 13.0. The number of hydrogen-bond donors (Lipinski definition) is 1. The first kappa shape index (κ1) is 22.5. The van der Waals surface area contributed by atoms with E-state index in [1.807, 2.05) is 0 Å². The minimum absolute atomic E-state index is 0.106. The minimum Gasteiger partial charge on any atom is -0.347 e. The van der Waals surface area contributed by atoms with Crippen LogP contribution in [0.5, 0.6) is 0 Å². The Balaban J connectivity index is 1.46. The van der Waals surface area contributed by atoms with Crippen LogP contribution in [0.1, 0.15) is 68.7 Å². The highest BCUT2D eigenvalue weighted by atomic mass is 32.2. The van der Waals surface area contributed by atoms with Crippen molar-refractivity contribution < 1.29 is 22.7 Å². The van der Waals surface area contributed by atoms with Crippen LogP contribution in [0.15, 0.2) is 18.2 Å². The van der Waals surface area contributed by atoms with E-state index in [1.165, 1.54) is 43.5 Å². The summed E-state index contributed by atoms with van der Waals surface area (Å²) >= 11 is 0. The van der Waals surface area contributed by atoms with Gasteiger partial charge in [-0.25, -0.2) is 0 Å². The van der Waals surface area contributed by atoms with Gasteiger partial charge in [-0.2, -0.15) is 8.42 Å². The smallest absolute Gasteiger partial charge is 0.252 e. The molecular weight excluding hydrogens is 416 g/mol. The second-order valence-electron chi connectivity index (χ2n) is 9.24. The molecule has 0 radical (unpaired) electrons. The molecule has 4 rings (SSSR count). The van der Waals surface area contributed by atoms with E-state index >= 15 is 0 Å². The van der Waals surface area contributed by atoms with Crippen molar-refractivity contribution in [2.45, 2.75) is 83.0 Å². The van der Waals surface area contributed by atoms with Crippen molar-refractivity contribution in [2.75, 3.05) is 13.1 Å². The van der Waals surface area contributed by atoms with E-state index < -0.39 is 28.3 Å². The molecule has 8 heteroatoms. The number of nitrogens with one attached hydrogen (secondary N) is 1. The summed E-state index contributed by atoms with van der Waals surface area (Å²) in [5.41, 5.74) is 3.77. The lowest BCUT2D eigenvalue weighted by molar-refractivity contribution is -0.154. The molecule has 31 heavy (non-hydrogen) atoms. The number of carbonyl (C=O) groups is 1. The molecule has 0 saturated carbocycles. The fourth-order valence-corrected chi connectivity index (χ4v) is 5.36. The van der Waals surface area contributed by atoms with Crippen LogP contribution in [0.4, 0.5) is 0 Å². The highest BCUT2D eigenvalue weighted by Crippen LogP contribution is 2.33. The van der Waals surface area contributed by atoms with Gasteiger partial charge in [0.25, 0.3) is 5.91 Å². The van der Waals surface area contributed by atoms with E-state index in [-0.39, 0.29) is 11.9 Å². The second-order valence-corrected chi connectivity index (χ2v) is 10.0. The zero-order valence-electron chi connectivity index (χ0n) is 18.3. The normalized spacial score (nSPS) is 28.0. The summed E-state index contributed by atoms with van der Waals surface area (Å²) in [6.45, 7) is 6.67. The van der Waals surface area contributed by atoms with Gasteiger partial charge in [-0.05, 0) is 75.7 Å². The standard InChI is InChI=1S/C23H32N2O5S/c1-23(2)29-20(15-31(27)28)21(30-23)22(26)24-19-8-6-7-17-13-16(9-10-18(17)19)14-25-11-4-3-5-12-25/h9-10,13,15,19-21H,3-8,11-12,14H2,1-2H3,(H,24,26)/t19-,20-,21-/m1/s1. The predicted molar refractivity (Wildman–Crippen MR) is 118 cm³/mol. The lowest BCUT2D eigenvalue weighted by atomic mass is 9.86. The summed E-state index contributed by atoms with van der Waals surface area (Å²) in [5.74, 6) is -1.36. The number of rotatable bonds is 5. The molecule has 1 aromatic carbocycles. The Kier molecular flexibility index (Phi) is 6.81. The summed E-state index contributed by atoms with van der Waals surface area (Å²) in [4.78, 5) is 15.5. The van der Waals surface area contributed by atoms with Crippen molar-refractivity contribution in [1.29, 1.82) is 0 Å². The van der Waals surface area contributed by atoms with Gasteiger partial charge in [0.1, 0.15) is 6.10 Å². The maximum atomic E-state index is 13.0. The lowest BCUT2D eigenvalue weighted by Crippen LogP contribution is -2.43. The first-order chi connectivity index (χ1) is 14.8. The van der Waals surface area contributed by atoms with Gasteiger partial charge in [0, 0.05) is 6.54 Å². The lowest BCUT2D eigenvalue weighted by Gasteiger charge is -2.30. The second kappa shape index (κ2) is 9.40. The Labute approximate surface area is 185 Å². The van der Waals surface area contributed by atoms with Crippen LogP contribution in [-0.2, 0) is 37.5 Å². The quantitative estimate of drug-likeness (QED) is 0.696. The first-order valence-corrected chi connectivity index (χ1v) is 12.4. The Morgan fingerprint density at radius 2 is 1.97 bits per heavy atom. The third-order valence-corrected chi connectivity index (χ3v) is 6.82. The van der Waals surface area contributed by atoms with Crippen LogP contribution < -0.4 is 5.32 Å². The summed E-state index contributed by atoms with van der Waals surface area (Å²) in [6.07, 6.45) is 4.83. The first-order valence-electron chi connectivity index (χ1n) is 11.2. The van der Waals surface area contributed by atoms with E-state index in [9.17, 15) is 13.2 Å². The van der Waals surface area contributed by atoms with Gasteiger partial charge < -0.3 is 14.8 Å². The zero-order chi connectivity index (χ0) is 22.0. The van der Waals surface area contributed by atoms with Crippen LogP contribution in [-0.4, -0.2) is 55.7 Å². The number of nitrogens with zero attached hydrogens (tertiary/aromatic N) is 1. The Morgan fingerprint density at radius 1 is 1.19 bits per heavy atom.